The number of aryl methyl sites for hydroxylation is 1. The molecule has 0 aromatic carbocycles. The van der Waals surface area contributed by atoms with E-state index < -0.39 is 0 Å². The minimum atomic E-state index is 0.691. The van der Waals surface area contributed by atoms with Crippen LogP contribution in [-0.2, 0) is 13.0 Å². The van der Waals surface area contributed by atoms with Crippen molar-refractivity contribution in [2.75, 3.05) is 24.3 Å². The van der Waals surface area contributed by atoms with Gasteiger partial charge in [-0.1, -0.05) is 6.92 Å². The smallest absolute Gasteiger partial charge is 0.134 e. The van der Waals surface area contributed by atoms with E-state index in [9.17, 15) is 0 Å². The van der Waals surface area contributed by atoms with Gasteiger partial charge in [0.15, 0.2) is 0 Å². The maximum atomic E-state index is 5.34. The number of rotatable bonds is 5. The highest BCUT2D eigenvalue weighted by Gasteiger charge is 2.08. The molecule has 96 valence electrons. The fraction of sp³-hybridized carbons (Fsp3) is 0.385. The summed E-state index contributed by atoms with van der Waals surface area (Å²) < 4.78 is 5.34. The van der Waals surface area contributed by atoms with Crippen LogP contribution in [0.25, 0.3) is 0 Å². The van der Waals surface area contributed by atoms with E-state index in [0.717, 1.165) is 29.6 Å². The van der Waals surface area contributed by atoms with Crippen LogP contribution >= 0.6 is 0 Å². The molecule has 0 radical (unpaired) electrons. The monoisotopic (exact) mass is 246 g/mol. The van der Waals surface area contributed by atoms with E-state index in [1.54, 1.807) is 6.26 Å². The van der Waals surface area contributed by atoms with Crippen LogP contribution in [0.15, 0.2) is 28.9 Å². The quantitative estimate of drug-likeness (QED) is 0.877. The van der Waals surface area contributed by atoms with E-state index in [1.807, 2.05) is 44.1 Å². The lowest BCUT2D eigenvalue weighted by Crippen LogP contribution is -2.18. The highest BCUT2D eigenvalue weighted by molar-refractivity contribution is 5.48. The molecule has 0 saturated carbocycles. The van der Waals surface area contributed by atoms with Crippen molar-refractivity contribution in [3.63, 3.8) is 0 Å². The molecule has 0 saturated heterocycles. The summed E-state index contributed by atoms with van der Waals surface area (Å²) in [6, 6.07) is 5.78. The van der Waals surface area contributed by atoms with E-state index in [-0.39, 0.29) is 0 Å². The van der Waals surface area contributed by atoms with Crippen molar-refractivity contribution in [1.29, 1.82) is 0 Å². The molecule has 0 fully saturated rings. The Morgan fingerprint density at radius 1 is 1.39 bits per heavy atom. The highest BCUT2D eigenvalue weighted by atomic mass is 16.3. The number of aromatic nitrogens is 2. The van der Waals surface area contributed by atoms with Crippen LogP contribution < -0.4 is 10.2 Å². The van der Waals surface area contributed by atoms with Crippen molar-refractivity contribution >= 4 is 11.6 Å². The highest BCUT2D eigenvalue weighted by Crippen LogP contribution is 2.17. The van der Waals surface area contributed by atoms with E-state index in [1.165, 1.54) is 0 Å². The van der Waals surface area contributed by atoms with E-state index in [0.29, 0.717) is 6.54 Å². The van der Waals surface area contributed by atoms with Gasteiger partial charge in [-0.05, 0) is 12.1 Å². The molecule has 0 bridgehead atoms. The molecule has 0 amide bonds. The Morgan fingerprint density at radius 3 is 2.83 bits per heavy atom. The average Bonchev–Trinajstić information content (AvgIpc) is 2.90. The van der Waals surface area contributed by atoms with Crippen molar-refractivity contribution in [1.82, 2.24) is 9.97 Å². The predicted octanol–water partition coefficient (Wildman–Crippen LogP) is 2.31. The molecule has 2 aromatic rings. The first-order valence-corrected chi connectivity index (χ1v) is 6.02. The van der Waals surface area contributed by atoms with Crippen LogP contribution in [0, 0.1) is 0 Å². The molecule has 2 heterocycles. The van der Waals surface area contributed by atoms with Gasteiger partial charge in [0.25, 0.3) is 0 Å². The zero-order valence-electron chi connectivity index (χ0n) is 11.0. The van der Waals surface area contributed by atoms with Gasteiger partial charge in [-0.2, -0.15) is 0 Å². The largest absolute Gasteiger partial charge is 0.467 e. The Kier molecular flexibility index (Phi) is 3.82. The van der Waals surface area contributed by atoms with Crippen molar-refractivity contribution in [3.05, 3.63) is 36.0 Å². The van der Waals surface area contributed by atoms with Gasteiger partial charge in [-0.15, -0.1) is 0 Å². The third kappa shape index (κ3) is 2.80. The van der Waals surface area contributed by atoms with Crippen LogP contribution in [-0.4, -0.2) is 24.1 Å². The van der Waals surface area contributed by atoms with Gasteiger partial charge in [0.2, 0.25) is 0 Å². The molecular weight excluding hydrogens is 228 g/mol. The number of hydrogen-bond acceptors (Lipinski definition) is 5. The molecule has 0 unspecified atom stereocenters. The van der Waals surface area contributed by atoms with Crippen LogP contribution in [0.3, 0.4) is 0 Å². The summed E-state index contributed by atoms with van der Waals surface area (Å²) in [7, 11) is 3.85. The Hall–Kier alpha value is -2.04. The molecule has 0 aliphatic carbocycles. The summed E-state index contributed by atoms with van der Waals surface area (Å²) >= 11 is 0. The minimum absolute atomic E-state index is 0.691. The van der Waals surface area contributed by atoms with E-state index >= 15 is 0 Å². The van der Waals surface area contributed by atoms with Gasteiger partial charge in [0.05, 0.1) is 12.8 Å². The average molecular weight is 246 g/mol. The van der Waals surface area contributed by atoms with Crippen molar-refractivity contribution in [2.24, 2.45) is 0 Å². The summed E-state index contributed by atoms with van der Waals surface area (Å²) in [5, 5.41) is 3.05. The van der Waals surface area contributed by atoms with E-state index in [2.05, 4.69) is 15.3 Å². The molecule has 0 aliphatic rings. The number of furan rings is 1. The van der Waals surface area contributed by atoms with Crippen LogP contribution in [0.5, 0.6) is 0 Å². The summed E-state index contributed by atoms with van der Waals surface area (Å²) in [5.74, 6) is 3.48. The van der Waals surface area contributed by atoms with Crippen molar-refractivity contribution in [2.45, 2.75) is 19.9 Å². The predicted molar refractivity (Wildman–Crippen MR) is 71.8 cm³/mol. The summed E-state index contributed by atoms with van der Waals surface area (Å²) in [6.07, 6.45) is 2.50. The fourth-order valence-electron chi connectivity index (χ4n) is 1.68. The van der Waals surface area contributed by atoms with E-state index in [4.69, 9.17) is 4.42 Å². The zero-order valence-corrected chi connectivity index (χ0v) is 11.0. The summed E-state index contributed by atoms with van der Waals surface area (Å²) in [4.78, 5) is 10.9. The fourth-order valence-corrected chi connectivity index (χ4v) is 1.68. The number of nitrogens with zero attached hydrogens (tertiary/aromatic N) is 3. The van der Waals surface area contributed by atoms with Crippen LogP contribution in [0.4, 0.5) is 11.6 Å². The number of hydrogen-bond donors (Lipinski definition) is 1. The molecule has 2 rings (SSSR count). The SMILES string of the molecule is CCc1nc(NC)cc(N(C)Cc2ccco2)n1. The number of anilines is 2. The standard InChI is InChI=1S/C13H18N4O/c1-4-11-15-12(14-2)8-13(16-11)17(3)9-10-6-5-7-18-10/h5-8H,4,9H2,1-3H3,(H,14,15,16). The molecular formula is C13H18N4O. The zero-order chi connectivity index (χ0) is 13.0. The maximum absolute atomic E-state index is 5.34. The lowest BCUT2D eigenvalue weighted by atomic mass is 10.3. The third-order valence-electron chi connectivity index (χ3n) is 2.70. The Labute approximate surface area is 107 Å². The normalized spacial score (nSPS) is 10.4. The molecule has 2 aromatic heterocycles. The molecule has 0 aliphatic heterocycles. The van der Waals surface area contributed by atoms with Crippen LogP contribution in [0.1, 0.15) is 18.5 Å². The van der Waals surface area contributed by atoms with Gasteiger partial charge < -0.3 is 14.6 Å². The second-order valence-corrected chi connectivity index (χ2v) is 4.07. The van der Waals surface area contributed by atoms with Gasteiger partial charge in [0.1, 0.15) is 23.2 Å². The van der Waals surface area contributed by atoms with Crippen molar-refractivity contribution in [3.8, 4) is 0 Å². The lowest BCUT2D eigenvalue weighted by Gasteiger charge is -2.18. The second-order valence-electron chi connectivity index (χ2n) is 4.07. The first-order chi connectivity index (χ1) is 8.72. The molecule has 5 heteroatoms. The van der Waals surface area contributed by atoms with Gasteiger partial charge >= 0.3 is 0 Å². The minimum Gasteiger partial charge on any atom is -0.467 e. The first-order valence-electron chi connectivity index (χ1n) is 6.02. The lowest BCUT2D eigenvalue weighted by molar-refractivity contribution is 0.507. The van der Waals surface area contributed by atoms with Gasteiger partial charge in [-0.3, -0.25) is 0 Å². The molecule has 18 heavy (non-hydrogen) atoms. The van der Waals surface area contributed by atoms with Gasteiger partial charge in [0, 0.05) is 26.6 Å². The molecule has 1 N–H and O–H groups in total. The number of nitrogens with one attached hydrogen (secondary N) is 1. The molecule has 0 atom stereocenters. The van der Waals surface area contributed by atoms with Crippen LogP contribution in [0.2, 0.25) is 0 Å². The second kappa shape index (κ2) is 5.53. The molecule has 5 nitrogen and oxygen atoms in total. The van der Waals surface area contributed by atoms with Crippen molar-refractivity contribution < 1.29 is 4.42 Å². The first kappa shape index (κ1) is 12.4. The Morgan fingerprint density at radius 2 is 2.22 bits per heavy atom. The Balaban J connectivity index is 2.20. The molecule has 0 spiro atoms. The topological polar surface area (TPSA) is 54.2 Å². The summed E-state index contributed by atoms with van der Waals surface area (Å²) in [6.45, 7) is 2.74. The summed E-state index contributed by atoms with van der Waals surface area (Å²) in [5.41, 5.74) is 0. The van der Waals surface area contributed by atoms with Gasteiger partial charge in [-0.25, -0.2) is 9.97 Å². The third-order valence-corrected chi connectivity index (χ3v) is 2.70. The Bertz CT molecular complexity index is 473. The maximum Gasteiger partial charge on any atom is 0.134 e.